The van der Waals surface area contributed by atoms with Gasteiger partial charge in [0.1, 0.15) is 11.5 Å². The van der Waals surface area contributed by atoms with Gasteiger partial charge in [0.15, 0.2) is 0 Å². The Balaban J connectivity index is 1.92. The Morgan fingerprint density at radius 1 is 1.03 bits per heavy atom. The van der Waals surface area contributed by atoms with Crippen LogP contribution in [0.5, 0.6) is 5.75 Å². The number of ether oxygens (including phenoxy) is 1. The van der Waals surface area contributed by atoms with Crippen molar-refractivity contribution < 1.29 is 24.2 Å². The van der Waals surface area contributed by atoms with Crippen LogP contribution in [0.4, 0.5) is 11.4 Å². The molecule has 1 aliphatic rings. The largest absolute Gasteiger partial charge is 0.507 e. The number of Topliss-reactive ketones (excluding diaryl/α,β-unsaturated/α-hetero) is 1. The standard InChI is InChI=1S/C26H21ClN2O5/c1-15(30)28-19-7-4-8-20(14-19)29-23(16-9-11-21(34-2)12-10-16)22(25(32)26(29)33)24(31)17-5-3-6-18(27)13-17/h3-14,23,31H,1-2H3,(H,28,30)/b24-22+. The molecule has 7 nitrogen and oxygen atoms in total. The van der Waals surface area contributed by atoms with Gasteiger partial charge in [0.25, 0.3) is 11.7 Å². The number of methoxy groups -OCH3 is 1. The average Bonchev–Trinajstić information content (AvgIpc) is 3.09. The van der Waals surface area contributed by atoms with Crippen LogP contribution in [0.15, 0.2) is 78.4 Å². The lowest BCUT2D eigenvalue weighted by atomic mass is 9.95. The summed E-state index contributed by atoms with van der Waals surface area (Å²) < 4.78 is 5.23. The second kappa shape index (κ2) is 9.41. The third-order valence-electron chi connectivity index (χ3n) is 5.42. The minimum atomic E-state index is -0.919. The lowest BCUT2D eigenvalue weighted by Crippen LogP contribution is -2.29. The van der Waals surface area contributed by atoms with Crippen LogP contribution in [0.3, 0.4) is 0 Å². The van der Waals surface area contributed by atoms with E-state index in [-0.39, 0.29) is 17.2 Å². The molecule has 1 heterocycles. The zero-order chi connectivity index (χ0) is 24.4. The Morgan fingerprint density at radius 2 is 1.74 bits per heavy atom. The number of aliphatic hydroxyl groups is 1. The molecule has 1 aliphatic heterocycles. The van der Waals surface area contributed by atoms with E-state index in [4.69, 9.17) is 16.3 Å². The number of carbonyl (C=O) groups excluding carboxylic acids is 3. The first-order valence-corrected chi connectivity index (χ1v) is 10.8. The summed E-state index contributed by atoms with van der Waals surface area (Å²) in [6.07, 6.45) is 0. The van der Waals surface area contributed by atoms with E-state index in [0.717, 1.165) is 0 Å². The monoisotopic (exact) mass is 476 g/mol. The number of hydrogen-bond donors (Lipinski definition) is 2. The van der Waals surface area contributed by atoms with Crippen molar-refractivity contribution >= 4 is 46.3 Å². The Hall–Kier alpha value is -4.10. The molecule has 0 aliphatic carbocycles. The minimum absolute atomic E-state index is 0.0673. The highest BCUT2D eigenvalue weighted by Crippen LogP contribution is 2.43. The number of nitrogens with one attached hydrogen (secondary N) is 1. The van der Waals surface area contributed by atoms with E-state index in [9.17, 15) is 19.5 Å². The van der Waals surface area contributed by atoms with Crippen LogP contribution in [0.2, 0.25) is 5.02 Å². The van der Waals surface area contributed by atoms with Crippen LogP contribution >= 0.6 is 11.6 Å². The van der Waals surface area contributed by atoms with Crippen LogP contribution in [0.25, 0.3) is 5.76 Å². The van der Waals surface area contributed by atoms with Crippen molar-refractivity contribution in [2.45, 2.75) is 13.0 Å². The Morgan fingerprint density at radius 3 is 2.38 bits per heavy atom. The Bertz CT molecular complexity index is 1320. The molecule has 8 heteroatoms. The molecule has 2 N–H and O–H groups in total. The second-order valence-corrected chi connectivity index (χ2v) is 8.12. The summed E-state index contributed by atoms with van der Waals surface area (Å²) in [5, 5.41) is 14.2. The number of nitrogens with zero attached hydrogens (tertiary/aromatic N) is 1. The zero-order valence-electron chi connectivity index (χ0n) is 18.4. The summed E-state index contributed by atoms with van der Waals surface area (Å²) in [6.45, 7) is 1.38. The van der Waals surface area contributed by atoms with Gasteiger partial charge in [-0.05, 0) is 48.0 Å². The zero-order valence-corrected chi connectivity index (χ0v) is 19.2. The highest BCUT2D eigenvalue weighted by molar-refractivity contribution is 6.51. The molecule has 4 rings (SSSR count). The molecule has 0 spiro atoms. The fraction of sp³-hybridized carbons (Fsp3) is 0.115. The lowest BCUT2D eigenvalue weighted by molar-refractivity contribution is -0.132. The molecule has 3 aromatic rings. The number of halogens is 1. The summed E-state index contributed by atoms with van der Waals surface area (Å²) in [6, 6.07) is 19.0. The van der Waals surface area contributed by atoms with Crippen LogP contribution < -0.4 is 15.0 Å². The first kappa shape index (κ1) is 23.1. The maximum atomic E-state index is 13.3. The molecule has 34 heavy (non-hydrogen) atoms. The van der Waals surface area contributed by atoms with E-state index < -0.39 is 17.7 Å². The van der Waals surface area contributed by atoms with Gasteiger partial charge in [-0.2, -0.15) is 0 Å². The number of aliphatic hydroxyl groups excluding tert-OH is 1. The molecular weight excluding hydrogens is 456 g/mol. The fourth-order valence-electron chi connectivity index (χ4n) is 3.93. The maximum absolute atomic E-state index is 13.3. The third kappa shape index (κ3) is 4.38. The van der Waals surface area contributed by atoms with E-state index in [1.54, 1.807) is 66.7 Å². The summed E-state index contributed by atoms with van der Waals surface area (Å²) in [4.78, 5) is 39.3. The normalized spacial score (nSPS) is 17.0. The molecule has 0 saturated carbocycles. The van der Waals surface area contributed by atoms with Crippen LogP contribution in [0.1, 0.15) is 24.1 Å². The fourth-order valence-corrected chi connectivity index (χ4v) is 4.12. The Labute approximate surface area is 201 Å². The summed E-state index contributed by atoms with van der Waals surface area (Å²) in [7, 11) is 1.54. The number of carbonyl (C=O) groups is 3. The number of hydrogen-bond acceptors (Lipinski definition) is 5. The van der Waals surface area contributed by atoms with Gasteiger partial charge >= 0.3 is 0 Å². The van der Waals surface area contributed by atoms with Gasteiger partial charge in [0, 0.05) is 28.9 Å². The van der Waals surface area contributed by atoms with Gasteiger partial charge < -0.3 is 15.2 Å². The van der Waals surface area contributed by atoms with E-state index in [0.29, 0.717) is 33.3 Å². The smallest absolute Gasteiger partial charge is 0.300 e. The van der Waals surface area contributed by atoms with Crippen molar-refractivity contribution in [1.82, 2.24) is 0 Å². The number of amides is 2. The average molecular weight is 477 g/mol. The topological polar surface area (TPSA) is 95.9 Å². The quantitative estimate of drug-likeness (QED) is 0.309. The molecule has 2 amide bonds. The number of anilines is 2. The summed E-state index contributed by atoms with van der Waals surface area (Å²) in [5.74, 6) is -1.63. The third-order valence-corrected chi connectivity index (χ3v) is 5.65. The van der Waals surface area contributed by atoms with Crippen molar-refractivity contribution in [3.05, 3.63) is 94.5 Å². The second-order valence-electron chi connectivity index (χ2n) is 7.68. The lowest BCUT2D eigenvalue weighted by Gasteiger charge is -2.26. The first-order valence-electron chi connectivity index (χ1n) is 10.4. The predicted molar refractivity (Wildman–Crippen MR) is 130 cm³/mol. The highest BCUT2D eigenvalue weighted by atomic mass is 35.5. The van der Waals surface area contributed by atoms with Crippen molar-refractivity contribution in [3.63, 3.8) is 0 Å². The molecule has 0 aromatic heterocycles. The van der Waals surface area contributed by atoms with E-state index in [1.807, 2.05) is 0 Å². The number of benzene rings is 3. The maximum Gasteiger partial charge on any atom is 0.300 e. The Kier molecular flexibility index (Phi) is 6.38. The van der Waals surface area contributed by atoms with Crippen LogP contribution in [0, 0.1) is 0 Å². The molecule has 172 valence electrons. The minimum Gasteiger partial charge on any atom is -0.507 e. The van der Waals surface area contributed by atoms with E-state index >= 15 is 0 Å². The van der Waals surface area contributed by atoms with Crippen LogP contribution in [-0.2, 0) is 14.4 Å². The van der Waals surface area contributed by atoms with E-state index in [1.165, 1.54) is 25.0 Å². The summed E-state index contributed by atoms with van der Waals surface area (Å²) >= 11 is 6.09. The van der Waals surface area contributed by atoms with Gasteiger partial charge in [-0.1, -0.05) is 41.9 Å². The van der Waals surface area contributed by atoms with Crippen molar-refractivity contribution in [2.75, 3.05) is 17.3 Å². The van der Waals surface area contributed by atoms with E-state index in [2.05, 4.69) is 5.32 Å². The van der Waals surface area contributed by atoms with Crippen molar-refractivity contribution in [3.8, 4) is 5.75 Å². The molecule has 1 atom stereocenters. The van der Waals surface area contributed by atoms with Crippen LogP contribution in [-0.4, -0.2) is 29.8 Å². The predicted octanol–water partition coefficient (Wildman–Crippen LogP) is 4.93. The van der Waals surface area contributed by atoms with Gasteiger partial charge in [-0.3, -0.25) is 19.3 Å². The molecule has 1 saturated heterocycles. The molecule has 1 unspecified atom stereocenters. The highest BCUT2D eigenvalue weighted by Gasteiger charge is 2.47. The molecular formula is C26H21ClN2O5. The van der Waals surface area contributed by atoms with Gasteiger partial charge in [0.05, 0.1) is 18.7 Å². The molecule has 1 fully saturated rings. The van der Waals surface area contributed by atoms with Gasteiger partial charge in [-0.15, -0.1) is 0 Å². The molecule has 0 bridgehead atoms. The van der Waals surface area contributed by atoms with Crippen molar-refractivity contribution in [2.24, 2.45) is 0 Å². The van der Waals surface area contributed by atoms with Gasteiger partial charge in [-0.25, -0.2) is 0 Å². The summed E-state index contributed by atoms with van der Waals surface area (Å²) in [5.41, 5.74) is 1.70. The van der Waals surface area contributed by atoms with Gasteiger partial charge in [0.2, 0.25) is 5.91 Å². The SMILES string of the molecule is COc1ccc(C2/C(=C(\O)c3cccc(Cl)c3)C(=O)C(=O)N2c2cccc(NC(C)=O)c2)cc1. The van der Waals surface area contributed by atoms with Crippen molar-refractivity contribution in [1.29, 1.82) is 0 Å². The first-order chi connectivity index (χ1) is 16.3. The molecule has 0 radical (unpaired) electrons. The molecule has 3 aromatic carbocycles. The number of ketones is 1. The number of rotatable bonds is 5.